The third-order valence-electron chi connectivity index (χ3n) is 8.91. The largest absolute Gasteiger partial charge is 2.00 e. The van der Waals surface area contributed by atoms with Gasteiger partial charge < -0.3 is 19.8 Å². The Kier molecular flexibility index (Phi) is 50.1. The van der Waals surface area contributed by atoms with Crippen molar-refractivity contribution in [3.8, 4) is 0 Å². The molecule has 48 heavy (non-hydrogen) atoms. The molecule has 0 fully saturated rings. The molecule has 5 heteroatoms. The van der Waals surface area contributed by atoms with E-state index in [4.69, 9.17) is 0 Å². The number of hydrogen-bond acceptors (Lipinski definition) is 4. The van der Waals surface area contributed by atoms with E-state index >= 15 is 0 Å². The molecule has 0 amide bonds. The van der Waals surface area contributed by atoms with E-state index in [2.05, 4.69) is 32.9 Å². The van der Waals surface area contributed by atoms with Gasteiger partial charge in [-0.2, -0.15) is 0 Å². The fourth-order valence-electron chi connectivity index (χ4n) is 5.82. The van der Waals surface area contributed by atoms with Crippen molar-refractivity contribution < 1.29 is 19.8 Å². The van der Waals surface area contributed by atoms with Crippen molar-refractivity contribution in [2.45, 2.75) is 226 Å². The fraction of sp³-hybridized carbons (Fsp3) is 0.814. The van der Waals surface area contributed by atoms with Gasteiger partial charge in [0, 0.05) is 11.9 Å². The summed E-state index contributed by atoms with van der Waals surface area (Å²) in [5, 5.41) is 20.4. The maximum Gasteiger partial charge on any atom is 2.00 e. The van der Waals surface area contributed by atoms with Gasteiger partial charge in [-0.1, -0.05) is 230 Å². The van der Waals surface area contributed by atoms with Gasteiger partial charge in [-0.05, 0) is 32.6 Å². The number of carboxylic acids is 2. The molecular formula is C43H78CaO4. The molecule has 0 spiro atoms. The molecule has 0 N–H and O–H groups in total. The van der Waals surface area contributed by atoms with Crippen LogP contribution in [-0.4, -0.2) is 49.7 Å². The van der Waals surface area contributed by atoms with E-state index in [1.807, 2.05) is 18.2 Å². The van der Waals surface area contributed by atoms with Crippen LogP contribution in [0.3, 0.4) is 0 Å². The quantitative estimate of drug-likeness (QED) is 0.0554. The number of hydrogen-bond donors (Lipinski definition) is 0. The summed E-state index contributed by atoms with van der Waals surface area (Å²) >= 11 is 0. The van der Waals surface area contributed by atoms with Gasteiger partial charge in [0.1, 0.15) is 0 Å². The van der Waals surface area contributed by atoms with Crippen LogP contribution in [0.5, 0.6) is 0 Å². The van der Waals surface area contributed by atoms with Crippen molar-refractivity contribution in [3.63, 3.8) is 0 Å². The Morgan fingerprint density at radius 3 is 0.771 bits per heavy atom. The van der Waals surface area contributed by atoms with E-state index in [9.17, 15) is 19.8 Å². The molecule has 1 rings (SSSR count). The molecule has 1 aromatic rings. The number of aryl methyl sites for hydroxylation is 1. The van der Waals surface area contributed by atoms with Crippen LogP contribution in [0.15, 0.2) is 30.3 Å². The first-order valence-electron chi connectivity index (χ1n) is 20.3. The zero-order valence-electron chi connectivity index (χ0n) is 32.4. The van der Waals surface area contributed by atoms with Crippen molar-refractivity contribution in [1.82, 2.24) is 0 Å². The second-order valence-electron chi connectivity index (χ2n) is 13.8. The summed E-state index contributed by atoms with van der Waals surface area (Å²) in [7, 11) is 0. The molecule has 1 aromatic carbocycles. The van der Waals surface area contributed by atoms with Crippen molar-refractivity contribution in [2.75, 3.05) is 0 Å². The number of unbranched alkanes of at least 4 members (excludes halogenated alkanes) is 28. The molecule has 0 saturated heterocycles. The summed E-state index contributed by atoms with van der Waals surface area (Å²) < 4.78 is 0. The maximum atomic E-state index is 10.2. The third-order valence-corrected chi connectivity index (χ3v) is 8.91. The first-order valence-corrected chi connectivity index (χ1v) is 20.3. The summed E-state index contributed by atoms with van der Waals surface area (Å²) in [5.74, 6) is -1.81. The van der Waals surface area contributed by atoms with E-state index in [1.54, 1.807) is 0 Å². The van der Waals surface area contributed by atoms with Crippen LogP contribution >= 0.6 is 0 Å². The Balaban J connectivity index is -0.000000688. The third kappa shape index (κ3) is 52.2. The monoisotopic (exact) mass is 699 g/mol. The molecular weight excluding hydrogens is 621 g/mol. The van der Waals surface area contributed by atoms with Gasteiger partial charge in [-0.15, -0.1) is 0 Å². The van der Waals surface area contributed by atoms with E-state index < -0.39 is 11.9 Å². The van der Waals surface area contributed by atoms with Gasteiger partial charge in [0.25, 0.3) is 0 Å². The smallest absolute Gasteiger partial charge is 0.550 e. The summed E-state index contributed by atoms with van der Waals surface area (Å²) in [5.41, 5.74) is 1.32. The number of aliphatic carboxylic acids is 2. The van der Waals surface area contributed by atoms with E-state index in [0.717, 1.165) is 25.7 Å². The van der Waals surface area contributed by atoms with Gasteiger partial charge in [-0.3, -0.25) is 0 Å². The van der Waals surface area contributed by atoms with Crippen molar-refractivity contribution in [2.24, 2.45) is 0 Å². The Bertz CT molecular complexity index is 696. The van der Waals surface area contributed by atoms with Gasteiger partial charge >= 0.3 is 37.7 Å². The number of carbonyl (C=O) groups excluding carboxylic acids is 2. The molecule has 0 aromatic heterocycles. The van der Waals surface area contributed by atoms with Crippen LogP contribution in [0, 0.1) is 6.92 Å². The first-order chi connectivity index (χ1) is 22.9. The topological polar surface area (TPSA) is 80.3 Å². The van der Waals surface area contributed by atoms with Crippen molar-refractivity contribution in [1.29, 1.82) is 0 Å². The van der Waals surface area contributed by atoms with Crippen LogP contribution in [-0.2, 0) is 9.59 Å². The summed E-state index contributed by atoms with van der Waals surface area (Å²) in [6, 6.07) is 10.3. The predicted octanol–water partition coefficient (Wildman–Crippen LogP) is 11.6. The average Bonchev–Trinajstić information content (AvgIpc) is 3.05. The summed E-state index contributed by atoms with van der Waals surface area (Å²) in [6.07, 6.45) is 39.7. The van der Waals surface area contributed by atoms with Crippen molar-refractivity contribution >= 4 is 49.7 Å². The van der Waals surface area contributed by atoms with Gasteiger partial charge in [-0.25, -0.2) is 0 Å². The number of rotatable bonds is 32. The minimum atomic E-state index is -0.903. The molecule has 0 radical (unpaired) electrons. The number of carbonyl (C=O) groups is 2. The van der Waals surface area contributed by atoms with Crippen LogP contribution in [0.1, 0.15) is 225 Å². The molecule has 0 aliphatic carbocycles. The Labute approximate surface area is 329 Å². The fourth-order valence-corrected chi connectivity index (χ4v) is 5.82. The van der Waals surface area contributed by atoms with Crippen LogP contribution < -0.4 is 10.2 Å². The molecule has 0 atom stereocenters. The van der Waals surface area contributed by atoms with Gasteiger partial charge in [0.05, 0.1) is 0 Å². The summed E-state index contributed by atoms with van der Waals surface area (Å²) in [4.78, 5) is 20.4. The van der Waals surface area contributed by atoms with Crippen molar-refractivity contribution in [3.05, 3.63) is 35.9 Å². The molecule has 0 saturated carbocycles. The minimum Gasteiger partial charge on any atom is -0.550 e. The predicted molar refractivity (Wildman–Crippen MR) is 206 cm³/mol. The molecule has 0 bridgehead atoms. The number of carboxylic acid groups (broad SMARTS) is 2. The van der Waals surface area contributed by atoms with Gasteiger partial charge in [0.15, 0.2) is 0 Å². The van der Waals surface area contributed by atoms with Crippen LogP contribution in [0.2, 0.25) is 0 Å². The van der Waals surface area contributed by atoms with E-state index in [-0.39, 0.29) is 50.6 Å². The average molecular weight is 699 g/mol. The zero-order chi connectivity index (χ0) is 34.9. The normalized spacial score (nSPS) is 10.3. The van der Waals surface area contributed by atoms with Crippen LogP contribution in [0.4, 0.5) is 0 Å². The van der Waals surface area contributed by atoms with Crippen LogP contribution in [0.25, 0.3) is 0 Å². The van der Waals surface area contributed by atoms with E-state index in [1.165, 1.54) is 173 Å². The Morgan fingerprint density at radius 1 is 0.396 bits per heavy atom. The molecule has 276 valence electrons. The zero-order valence-corrected chi connectivity index (χ0v) is 34.6. The molecule has 0 heterocycles. The number of benzene rings is 1. The molecule has 0 aliphatic rings. The Hall–Kier alpha value is -0.580. The second-order valence-corrected chi connectivity index (χ2v) is 13.8. The maximum absolute atomic E-state index is 10.2. The molecule has 0 aliphatic heterocycles. The molecule has 0 unspecified atom stereocenters. The standard InChI is InChI=1S/2C18H36O2.C7H8.Ca/c2*1-2-3-4-5-6-7-8-9-10-11-12-13-14-15-16-17-18(19)20;1-7-5-3-2-4-6-7;/h2*2-17H2,1H3,(H,19,20);2-6H,1H3;/q;;;+2/p-2. The molecule has 4 nitrogen and oxygen atoms in total. The SMILES string of the molecule is CCCCCCCCCCCCCCCCCC(=O)[O-].CCCCCCCCCCCCCCCCCC(=O)[O-].Cc1ccccc1.[Ca+2]. The Morgan fingerprint density at radius 2 is 0.604 bits per heavy atom. The summed E-state index contributed by atoms with van der Waals surface area (Å²) in [6.45, 7) is 6.62. The minimum absolute atomic E-state index is 0. The first kappa shape index (κ1) is 51.8. The second kappa shape index (κ2) is 46.4. The van der Waals surface area contributed by atoms with E-state index in [0.29, 0.717) is 0 Å². The van der Waals surface area contributed by atoms with Gasteiger partial charge in [0.2, 0.25) is 0 Å².